The lowest BCUT2D eigenvalue weighted by molar-refractivity contribution is -0.140. The van der Waals surface area contributed by atoms with E-state index in [4.69, 9.17) is 23.1 Å². The quantitative estimate of drug-likeness (QED) is 0.0612. The van der Waals surface area contributed by atoms with Crippen molar-refractivity contribution in [2.24, 2.45) is 11.5 Å². The number of carbonyl (C=O) groups excluding carboxylic acids is 7. The van der Waals surface area contributed by atoms with E-state index < -0.39 is 77.5 Å². The second kappa shape index (κ2) is 20.4. The molecule has 0 aliphatic heterocycles. The summed E-state index contributed by atoms with van der Waals surface area (Å²) in [7, 11) is 0. The molecule has 0 heterocycles. The Kier molecular flexibility index (Phi) is 16.3. The van der Waals surface area contributed by atoms with Crippen molar-refractivity contribution in [2.45, 2.75) is 95.2 Å². The zero-order chi connectivity index (χ0) is 39.2. The van der Waals surface area contributed by atoms with Crippen LogP contribution in [0, 0.1) is 0 Å². The van der Waals surface area contributed by atoms with Crippen molar-refractivity contribution in [1.82, 2.24) is 31.9 Å². The fourth-order valence-corrected chi connectivity index (χ4v) is 5.20. The minimum Gasteiger partial charge on any atom is -0.391 e. The van der Waals surface area contributed by atoms with Gasteiger partial charge in [-0.2, -0.15) is 0 Å². The lowest BCUT2D eigenvalue weighted by Gasteiger charge is -2.26. The maximum Gasteiger partial charge on any atom is 0.289 e. The zero-order valence-corrected chi connectivity index (χ0v) is 30.7. The van der Waals surface area contributed by atoms with Crippen LogP contribution < -0.4 is 43.4 Å². The Bertz CT molecular complexity index is 1620. The molecule has 0 spiro atoms. The largest absolute Gasteiger partial charge is 0.391 e. The van der Waals surface area contributed by atoms with Crippen LogP contribution in [0.1, 0.15) is 63.2 Å². The minimum atomic E-state index is -1.56. The molecule has 11 N–H and O–H groups in total. The number of benzene rings is 2. The molecule has 0 bridgehead atoms. The predicted molar refractivity (Wildman–Crippen MR) is 197 cm³/mol. The number of halogens is 1. The molecule has 3 rings (SSSR count). The summed E-state index contributed by atoms with van der Waals surface area (Å²) in [6, 6.07) is 7.33. The average Bonchev–Trinajstić information content (AvgIpc) is 3.95. The van der Waals surface area contributed by atoms with Crippen molar-refractivity contribution >= 4 is 52.8 Å². The fraction of sp³-hybridized carbons (Fsp3) is 0.472. The number of amides is 6. The first-order chi connectivity index (χ1) is 25.1. The van der Waals surface area contributed by atoms with Crippen molar-refractivity contribution in [3.05, 3.63) is 59.1 Å². The highest BCUT2D eigenvalue weighted by molar-refractivity contribution is 6.38. The molecule has 17 heteroatoms. The second-order valence-corrected chi connectivity index (χ2v) is 13.4. The smallest absolute Gasteiger partial charge is 0.289 e. The third kappa shape index (κ3) is 13.2. The van der Waals surface area contributed by atoms with Gasteiger partial charge in [0.25, 0.3) is 11.8 Å². The van der Waals surface area contributed by atoms with Crippen LogP contribution in [0.2, 0.25) is 5.02 Å². The van der Waals surface area contributed by atoms with Crippen molar-refractivity contribution in [2.75, 3.05) is 13.1 Å². The molecule has 6 atom stereocenters. The first kappa shape index (κ1) is 42.5. The number of carbonyl (C=O) groups is 7. The van der Waals surface area contributed by atoms with Gasteiger partial charge in [-0.1, -0.05) is 35.9 Å². The normalized spacial score (nSPS) is 15.7. The number of rotatable bonds is 20. The second-order valence-electron chi connectivity index (χ2n) is 13.0. The van der Waals surface area contributed by atoms with Crippen LogP contribution in [0.4, 0.5) is 0 Å². The molecule has 1 fully saturated rings. The van der Waals surface area contributed by atoms with E-state index in [-0.39, 0.29) is 24.6 Å². The summed E-state index contributed by atoms with van der Waals surface area (Å²) in [5.41, 5.74) is 13.3. The van der Waals surface area contributed by atoms with E-state index in [0.29, 0.717) is 24.4 Å². The predicted octanol–water partition coefficient (Wildman–Crippen LogP) is -0.599. The molecule has 16 nitrogen and oxygen atoms in total. The van der Waals surface area contributed by atoms with Gasteiger partial charge < -0.3 is 48.5 Å². The molecule has 1 saturated carbocycles. The monoisotopic (exact) mass is 756 g/mol. The molecule has 53 heavy (non-hydrogen) atoms. The summed E-state index contributed by atoms with van der Waals surface area (Å²) in [5.74, 6) is -5.52. The Balaban J connectivity index is 1.58. The maximum absolute atomic E-state index is 13.2. The van der Waals surface area contributed by atoms with Gasteiger partial charge in [0.2, 0.25) is 29.4 Å². The number of aliphatic hydroxyl groups is 1. The summed E-state index contributed by atoms with van der Waals surface area (Å²) in [6.45, 7) is 3.94. The molecule has 0 unspecified atom stereocenters. The van der Waals surface area contributed by atoms with Gasteiger partial charge in [0.15, 0.2) is 0 Å². The standard InChI is InChI=1S/C36H49ClN8O8/c1-19(30(47)36(53)42-26-15-16-26)40-33(50)27(6-4-5-17-38)43-31(48)20(2)41-35(52)29(21(3)46)45-34(51)28(18-39)44-32(49)24-9-7-22(8-10-24)23-11-13-25(37)14-12-23/h7-14,19-21,26-29,46H,4-6,15-18,38-39H2,1-3H3,(H,40,50)(H,41,52)(H,42,53)(H,43,48)(H,44,49)(H,45,51)/t19-,20-,21+,27-,28-,29-/m0/s1. The number of aliphatic hydroxyl groups excluding tert-OH is 1. The highest BCUT2D eigenvalue weighted by Crippen LogP contribution is 2.22. The lowest BCUT2D eigenvalue weighted by atomic mass is 10.0. The third-order valence-corrected chi connectivity index (χ3v) is 8.72. The Morgan fingerprint density at radius 3 is 1.83 bits per heavy atom. The Labute approximate surface area is 312 Å². The van der Waals surface area contributed by atoms with E-state index >= 15 is 0 Å². The Morgan fingerprint density at radius 1 is 0.717 bits per heavy atom. The van der Waals surface area contributed by atoms with Crippen LogP contribution in [-0.2, 0) is 28.8 Å². The zero-order valence-electron chi connectivity index (χ0n) is 29.9. The van der Waals surface area contributed by atoms with Gasteiger partial charge in [0, 0.05) is 23.2 Å². The van der Waals surface area contributed by atoms with Crippen LogP contribution in [0.3, 0.4) is 0 Å². The Hall–Kier alpha value is -4.90. The van der Waals surface area contributed by atoms with Gasteiger partial charge in [0.1, 0.15) is 24.2 Å². The molecular formula is C36H49ClN8O8. The van der Waals surface area contributed by atoms with Crippen molar-refractivity contribution in [1.29, 1.82) is 0 Å². The van der Waals surface area contributed by atoms with Gasteiger partial charge in [0.05, 0.1) is 12.1 Å². The lowest BCUT2D eigenvalue weighted by Crippen LogP contribution is -2.61. The van der Waals surface area contributed by atoms with Crippen molar-refractivity contribution in [3.63, 3.8) is 0 Å². The van der Waals surface area contributed by atoms with E-state index in [1.54, 1.807) is 36.4 Å². The van der Waals surface area contributed by atoms with Crippen LogP contribution >= 0.6 is 11.6 Å². The fourth-order valence-electron chi connectivity index (χ4n) is 5.08. The number of Topliss-reactive ketones (excluding diaryl/α,β-unsaturated/α-hetero) is 1. The molecule has 2 aromatic rings. The molecule has 0 aromatic heterocycles. The number of hydrogen-bond acceptors (Lipinski definition) is 10. The third-order valence-electron chi connectivity index (χ3n) is 8.47. The molecule has 288 valence electrons. The first-order valence-corrected chi connectivity index (χ1v) is 17.8. The van der Waals surface area contributed by atoms with E-state index in [1.807, 2.05) is 12.1 Å². The Morgan fingerprint density at radius 2 is 1.28 bits per heavy atom. The molecule has 1 aliphatic rings. The van der Waals surface area contributed by atoms with E-state index in [2.05, 4.69) is 31.9 Å². The van der Waals surface area contributed by atoms with E-state index in [0.717, 1.165) is 24.0 Å². The molecule has 1 aliphatic carbocycles. The summed E-state index contributed by atoms with van der Waals surface area (Å²) in [4.78, 5) is 90.1. The van der Waals surface area contributed by atoms with Gasteiger partial charge in [-0.05, 0) is 94.8 Å². The van der Waals surface area contributed by atoms with Gasteiger partial charge >= 0.3 is 0 Å². The highest BCUT2D eigenvalue weighted by atomic mass is 35.5. The molecule has 0 radical (unpaired) electrons. The van der Waals surface area contributed by atoms with E-state index in [1.165, 1.54) is 20.8 Å². The topological polar surface area (TPSA) is 264 Å². The SMILES string of the molecule is C[C@H](NC(=O)[C@@H](NC(=O)[C@H](CN)NC(=O)c1ccc(-c2ccc(Cl)cc2)cc1)[C@@H](C)O)C(=O)N[C@@H](CCCCN)C(=O)N[C@@H](C)C(=O)C(=O)NC1CC1. The molecule has 0 saturated heterocycles. The maximum atomic E-state index is 13.2. The molecule has 6 amide bonds. The number of ketones is 1. The summed E-state index contributed by atoms with van der Waals surface area (Å²) >= 11 is 5.96. The van der Waals surface area contributed by atoms with Crippen LogP contribution in [0.15, 0.2) is 48.5 Å². The van der Waals surface area contributed by atoms with Crippen molar-refractivity contribution < 1.29 is 38.7 Å². The van der Waals surface area contributed by atoms with Crippen LogP contribution in [-0.4, -0.2) is 102 Å². The minimum absolute atomic E-state index is 0.0463. The highest BCUT2D eigenvalue weighted by Gasteiger charge is 2.33. The number of nitrogens with one attached hydrogen (secondary N) is 6. The van der Waals surface area contributed by atoms with Crippen molar-refractivity contribution in [3.8, 4) is 11.1 Å². The number of unbranched alkanes of at least 4 members (excludes halogenated alkanes) is 1. The summed E-state index contributed by atoms with van der Waals surface area (Å²) in [5, 5.41) is 25.8. The summed E-state index contributed by atoms with van der Waals surface area (Å²) < 4.78 is 0. The molecular weight excluding hydrogens is 708 g/mol. The van der Waals surface area contributed by atoms with Gasteiger partial charge in [-0.15, -0.1) is 0 Å². The number of hydrogen-bond donors (Lipinski definition) is 9. The summed E-state index contributed by atoms with van der Waals surface area (Å²) in [6.07, 6.45) is 1.27. The van der Waals surface area contributed by atoms with Crippen LogP contribution in [0.5, 0.6) is 0 Å². The van der Waals surface area contributed by atoms with Gasteiger partial charge in [-0.25, -0.2) is 0 Å². The molecule has 2 aromatic carbocycles. The average molecular weight is 757 g/mol. The van der Waals surface area contributed by atoms with E-state index in [9.17, 15) is 38.7 Å². The first-order valence-electron chi connectivity index (χ1n) is 17.5. The van der Waals surface area contributed by atoms with Gasteiger partial charge in [-0.3, -0.25) is 33.6 Å². The van der Waals surface area contributed by atoms with Crippen LogP contribution in [0.25, 0.3) is 11.1 Å². The number of nitrogens with two attached hydrogens (primary N) is 2.